The standard InChI is InChI=1S/C21H23N3O4S2/c1-4-19(28-17-8-5-14(2)15(3)13-17)20(25)23-16-6-9-18(10-7-16)30(26,27)24-21-22-11-12-29-21/h5-13,19H,4H2,1-3H3,(H,22,24)(H,23,25)/t19-/m0/s1. The minimum atomic E-state index is -3.74. The van der Waals surface area contributed by atoms with E-state index in [0.717, 1.165) is 11.1 Å². The van der Waals surface area contributed by atoms with Crippen molar-refractivity contribution in [1.82, 2.24) is 4.98 Å². The van der Waals surface area contributed by atoms with Gasteiger partial charge in [0.2, 0.25) is 0 Å². The van der Waals surface area contributed by atoms with Crippen LogP contribution < -0.4 is 14.8 Å². The van der Waals surface area contributed by atoms with Crippen LogP contribution in [-0.4, -0.2) is 25.4 Å². The first-order chi connectivity index (χ1) is 14.3. The Morgan fingerprint density at radius 1 is 1.13 bits per heavy atom. The van der Waals surface area contributed by atoms with E-state index >= 15 is 0 Å². The fourth-order valence-corrected chi connectivity index (χ4v) is 4.45. The highest BCUT2D eigenvalue weighted by atomic mass is 32.2. The number of hydrogen-bond acceptors (Lipinski definition) is 6. The quantitative estimate of drug-likeness (QED) is 0.537. The molecule has 0 aliphatic rings. The van der Waals surface area contributed by atoms with Crippen LogP contribution in [0.15, 0.2) is 58.9 Å². The lowest BCUT2D eigenvalue weighted by Crippen LogP contribution is -2.32. The second-order valence-electron chi connectivity index (χ2n) is 6.72. The molecule has 0 saturated carbocycles. The maximum absolute atomic E-state index is 12.6. The number of aromatic nitrogens is 1. The minimum Gasteiger partial charge on any atom is -0.481 e. The van der Waals surface area contributed by atoms with E-state index in [9.17, 15) is 13.2 Å². The number of sulfonamides is 1. The van der Waals surface area contributed by atoms with Gasteiger partial charge in [0.1, 0.15) is 5.75 Å². The average molecular weight is 446 g/mol. The summed E-state index contributed by atoms with van der Waals surface area (Å²) < 4.78 is 33.0. The van der Waals surface area contributed by atoms with Crippen LogP contribution in [0.4, 0.5) is 10.8 Å². The van der Waals surface area contributed by atoms with Gasteiger partial charge >= 0.3 is 0 Å². The summed E-state index contributed by atoms with van der Waals surface area (Å²) in [7, 11) is -3.74. The molecule has 3 rings (SSSR count). The third-order valence-electron chi connectivity index (χ3n) is 4.51. The molecule has 0 aliphatic carbocycles. The van der Waals surface area contributed by atoms with Crippen molar-refractivity contribution < 1.29 is 17.9 Å². The summed E-state index contributed by atoms with van der Waals surface area (Å²) in [6.45, 7) is 5.87. The average Bonchev–Trinajstić information content (AvgIpc) is 3.21. The first kappa shape index (κ1) is 21.8. The van der Waals surface area contributed by atoms with Gasteiger partial charge in [0.15, 0.2) is 11.2 Å². The molecule has 2 aromatic carbocycles. The molecule has 3 aromatic rings. The topological polar surface area (TPSA) is 97.4 Å². The lowest BCUT2D eigenvalue weighted by Gasteiger charge is -2.18. The molecule has 0 saturated heterocycles. The highest BCUT2D eigenvalue weighted by Crippen LogP contribution is 2.21. The van der Waals surface area contributed by atoms with Gasteiger partial charge in [0.25, 0.3) is 15.9 Å². The third kappa shape index (κ3) is 5.37. The third-order valence-corrected chi connectivity index (χ3v) is 6.68. The lowest BCUT2D eigenvalue weighted by atomic mass is 10.1. The van der Waals surface area contributed by atoms with Crippen molar-refractivity contribution >= 4 is 38.1 Å². The molecule has 1 aromatic heterocycles. The molecule has 1 atom stereocenters. The van der Waals surface area contributed by atoms with Crippen LogP contribution in [0.2, 0.25) is 0 Å². The number of hydrogen-bond donors (Lipinski definition) is 2. The summed E-state index contributed by atoms with van der Waals surface area (Å²) in [5, 5.41) is 4.75. The van der Waals surface area contributed by atoms with Gasteiger partial charge < -0.3 is 10.1 Å². The Kier molecular flexibility index (Phi) is 6.73. The zero-order valence-electron chi connectivity index (χ0n) is 16.9. The van der Waals surface area contributed by atoms with Gasteiger partial charge in [-0.1, -0.05) is 13.0 Å². The van der Waals surface area contributed by atoms with E-state index in [0.29, 0.717) is 23.0 Å². The van der Waals surface area contributed by atoms with E-state index in [2.05, 4.69) is 15.0 Å². The van der Waals surface area contributed by atoms with E-state index in [1.54, 1.807) is 5.38 Å². The fourth-order valence-electron chi connectivity index (χ4n) is 2.66. The summed E-state index contributed by atoms with van der Waals surface area (Å²) in [5.74, 6) is 0.335. The van der Waals surface area contributed by atoms with Crippen LogP contribution in [0.5, 0.6) is 5.75 Å². The first-order valence-corrected chi connectivity index (χ1v) is 11.7. The smallest absolute Gasteiger partial charge is 0.265 e. The number of amides is 1. The van der Waals surface area contributed by atoms with Crippen LogP contribution in [0.25, 0.3) is 0 Å². The lowest BCUT2D eigenvalue weighted by molar-refractivity contribution is -0.122. The molecular weight excluding hydrogens is 422 g/mol. The normalized spacial score (nSPS) is 12.2. The highest BCUT2D eigenvalue weighted by Gasteiger charge is 2.20. The Labute approximate surface area is 180 Å². The van der Waals surface area contributed by atoms with E-state index in [-0.39, 0.29) is 10.8 Å². The van der Waals surface area contributed by atoms with E-state index in [4.69, 9.17) is 4.74 Å². The summed E-state index contributed by atoms with van der Waals surface area (Å²) in [6.07, 6.45) is 1.34. The van der Waals surface area contributed by atoms with Gasteiger partial charge in [-0.25, -0.2) is 13.4 Å². The Balaban J connectivity index is 1.66. The molecule has 1 amide bonds. The molecular formula is C21H23N3O4S2. The second-order valence-corrected chi connectivity index (χ2v) is 9.29. The number of aryl methyl sites for hydroxylation is 2. The summed E-state index contributed by atoms with van der Waals surface area (Å²) in [6, 6.07) is 11.6. The largest absolute Gasteiger partial charge is 0.481 e. The molecule has 0 spiro atoms. The van der Waals surface area contributed by atoms with Gasteiger partial charge in [-0.05, 0) is 67.8 Å². The number of benzene rings is 2. The molecule has 0 unspecified atom stereocenters. The van der Waals surface area contributed by atoms with Crippen LogP contribution in [-0.2, 0) is 14.8 Å². The van der Waals surface area contributed by atoms with Crippen molar-refractivity contribution in [3.8, 4) is 5.75 Å². The molecule has 0 aliphatic heterocycles. The maximum atomic E-state index is 12.6. The molecule has 0 bridgehead atoms. The summed E-state index contributed by atoms with van der Waals surface area (Å²) >= 11 is 1.19. The van der Waals surface area contributed by atoms with Crippen LogP contribution in [0.3, 0.4) is 0 Å². The Bertz CT molecular complexity index is 1110. The molecule has 30 heavy (non-hydrogen) atoms. The van der Waals surface area contributed by atoms with Crippen molar-refractivity contribution in [2.24, 2.45) is 0 Å². The number of carbonyl (C=O) groups excluding carboxylic acids is 1. The van der Waals surface area contributed by atoms with Gasteiger partial charge in [0.05, 0.1) is 4.90 Å². The zero-order chi connectivity index (χ0) is 21.7. The van der Waals surface area contributed by atoms with Crippen LogP contribution in [0, 0.1) is 13.8 Å². The number of thiazole rings is 1. The molecule has 7 nitrogen and oxygen atoms in total. The van der Waals surface area contributed by atoms with Crippen molar-refractivity contribution in [3.63, 3.8) is 0 Å². The van der Waals surface area contributed by atoms with Gasteiger partial charge in [-0.3, -0.25) is 9.52 Å². The minimum absolute atomic E-state index is 0.0779. The molecule has 2 N–H and O–H groups in total. The number of ether oxygens (including phenoxy) is 1. The molecule has 9 heteroatoms. The monoisotopic (exact) mass is 445 g/mol. The molecule has 1 heterocycles. The number of anilines is 2. The summed E-state index contributed by atoms with van der Waals surface area (Å²) in [5.41, 5.74) is 2.72. The highest BCUT2D eigenvalue weighted by molar-refractivity contribution is 7.93. The zero-order valence-corrected chi connectivity index (χ0v) is 18.5. The van der Waals surface area contributed by atoms with Crippen molar-refractivity contribution in [1.29, 1.82) is 0 Å². The van der Waals surface area contributed by atoms with E-state index in [1.807, 2.05) is 39.0 Å². The molecule has 0 radical (unpaired) electrons. The van der Waals surface area contributed by atoms with Crippen molar-refractivity contribution in [2.45, 2.75) is 38.2 Å². The second kappa shape index (κ2) is 9.27. The fraction of sp³-hybridized carbons (Fsp3) is 0.238. The molecule has 158 valence electrons. The van der Waals surface area contributed by atoms with Gasteiger partial charge in [0, 0.05) is 17.3 Å². The Hall–Kier alpha value is -2.91. The number of rotatable bonds is 8. The first-order valence-electron chi connectivity index (χ1n) is 9.35. The summed E-state index contributed by atoms with van der Waals surface area (Å²) in [4.78, 5) is 16.6. The number of carbonyl (C=O) groups is 1. The van der Waals surface area contributed by atoms with Crippen molar-refractivity contribution in [3.05, 3.63) is 65.2 Å². The maximum Gasteiger partial charge on any atom is 0.265 e. The van der Waals surface area contributed by atoms with Gasteiger partial charge in [-0.15, -0.1) is 11.3 Å². The predicted octanol–water partition coefficient (Wildman–Crippen LogP) is 4.36. The Morgan fingerprint density at radius 3 is 2.47 bits per heavy atom. The van der Waals surface area contributed by atoms with Gasteiger partial charge in [-0.2, -0.15) is 0 Å². The molecule has 0 fully saturated rings. The van der Waals surface area contributed by atoms with Crippen LogP contribution >= 0.6 is 11.3 Å². The van der Waals surface area contributed by atoms with E-state index < -0.39 is 16.1 Å². The number of nitrogens with one attached hydrogen (secondary N) is 2. The Morgan fingerprint density at radius 2 is 1.87 bits per heavy atom. The van der Waals surface area contributed by atoms with E-state index in [1.165, 1.54) is 41.8 Å². The predicted molar refractivity (Wildman–Crippen MR) is 119 cm³/mol. The van der Waals surface area contributed by atoms with Crippen LogP contribution in [0.1, 0.15) is 24.5 Å². The SMILES string of the molecule is CC[C@H](Oc1ccc(C)c(C)c1)C(=O)Nc1ccc(S(=O)(=O)Nc2nccs2)cc1. The van der Waals surface area contributed by atoms with Crippen molar-refractivity contribution in [2.75, 3.05) is 10.0 Å². The number of nitrogens with zero attached hydrogens (tertiary/aromatic N) is 1.